The van der Waals surface area contributed by atoms with Gasteiger partial charge in [-0.2, -0.15) is 0 Å². The number of unbranched alkanes of at least 4 members (excludes halogenated alkanes) is 1. The number of amides is 1. The van der Waals surface area contributed by atoms with Crippen molar-refractivity contribution in [2.24, 2.45) is 5.92 Å². The molecule has 0 saturated carbocycles. The molecule has 0 atom stereocenters. The number of nitrogens with zero attached hydrogens (tertiary/aromatic N) is 4. The fourth-order valence-electron chi connectivity index (χ4n) is 5.54. The minimum Gasteiger partial charge on any atom is -0.491 e. The van der Waals surface area contributed by atoms with Crippen LogP contribution in [-0.2, 0) is 21.8 Å². The van der Waals surface area contributed by atoms with Crippen molar-refractivity contribution in [3.63, 3.8) is 0 Å². The number of fused-ring (bicyclic) bond motifs is 1. The molecule has 0 aliphatic carbocycles. The minimum atomic E-state index is -0.0654. The van der Waals surface area contributed by atoms with Gasteiger partial charge in [0.1, 0.15) is 24.5 Å². The Bertz CT molecular complexity index is 1620. The number of aromatic nitrogens is 3. The number of anilines is 2. The van der Waals surface area contributed by atoms with Gasteiger partial charge in [0.15, 0.2) is 0 Å². The molecule has 9 heteroatoms. The predicted octanol–water partition coefficient (Wildman–Crippen LogP) is 8.34. The minimum absolute atomic E-state index is 0.0654. The van der Waals surface area contributed by atoms with E-state index in [1.807, 2.05) is 41.0 Å². The Morgan fingerprint density at radius 3 is 2.51 bits per heavy atom. The largest absolute Gasteiger partial charge is 0.491 e. The number of carbonyl (C=O) groups excluding carboxylic acids is 1. The fourth-order valence-corrected chi connectivity index (χ4v) is 6.39. The zero-order valence-corrected chi connectivity index (χ0v) is 28.9. The third kappa shape index (κ3) is 9.72. The van der Waals surface area contributed by atoms with E-state index in [2.05, 4.69) is 84.5 Å². The molecule has 1 amide bonds. The molecule has 1 aromatic heterocycles. The van der Waals surface area contributed by atoms with Gasteiger partial charge in [-0.05, 0) is 97.0 Å². The van der Waals surface area contributed by atoms with Crippen molar-refractivity contribution in [1.82, 2.24) is 14.8 Å². The van der Waals surface area contributed by atoms with E-state index in [0.717, 1.165) is 94.9 Å². The van der Waals surface area contributed by atoms with Crippen LogP contribution in [0.4, 0.5) is 11.4 Å². The Morgan fingerprint density at radius 2 is 1.77 bits per heavy atom. The first-order valence-corrected chi connectivity index (χ1v) is 17.7. The Labute approximate surface area is 283 Å². The molecule has 0 radical (unpaired) electrons. The number of rotatable bonds is 16. The van der Waals surface area contributed by atoms with Gasteiger partial charge in [0.2, 0.25) is 0 Å². The molecule has 0 fully saturated rings. The number of benzene rings is 3. The Kier molecular flexibility index (Phi) is 12.5. The zero-order valence-electron chi connectivity index (χ0n) is 28.1. The van der Waals surface area contributed by atoms with Gasteiger partial charge in [-0.3, -0.25) is 4.79 Å². The third-order valence-corrected chi connectivity index (χ3v) is 9.08. The first-order valence-electron chi connectivity index (χ1n) is 16.7. The topological polar surface area (TPSA) is 81.5 Å². The summed E-state index contributed by atoms with van der Waals surface area (Å²) < 4.78 is 13.5. The van der Waals surface area contributed by atoms with Crippen molar-refractivity contribution in [3.8, 4) is 16.9 Å². The van der Waals surface area contributed by atoms with E-state index >= 15 is 0 Å². The van der Waals surface area contributed by atoms with Gasteiger partial charge in [-0.1, -0.05) is 45.4 Å². The molecule has 8 nitrogen and oxygen atoms in total. The molecule has 248 valence electrons. The lowest BCUT2D eigenvalue weighted by Crippen LogP contribution is -2.29. The van der Waals surface area contributed by atoms with E-state index in [1.165, 1.54) is 0 Å². The van der Waals surface area contributed by atoms with E-state index in [9.17, 15) is 4.79 Å². The second-order valence-electron chi connectivity index (χ2n) is 12.2. The Morgan fingerprint density at radius 1 is 0.979 bits per heavy atom. The average molecular weight is 654 g/mol. The van der Waals surface area contributed by atoms with Crippen molar-refractivity contribution in [2.75, 3.05) is 43.1 Å². The summed E-state index contributed by atoms with van der Waals surface area (Å²) in [4.78, 5) is 17.1. The maximum atomic E-state index is 13.6. The number of hydrogen-bond donors (Lipinski definition) is 1. The summed E-state index contributed by atoms with van der Waals surface area (Å²) in [6.07, 6.45) is 6.71. The molecular formula is C38H47N5O3S. The smallest absolute Gasteiger partial charge is 0.251 e. The van der Waals surface area contributed by atoms with Gasteiger partial charge < -0.3 is 24.3 Å². The molecule has 1 N–H and O–H groups in total. The first-order chi connectivity index (χ1) is 22.9. The van der Waals surface area contributed by atoms with Crippen molar-refractivity contribution < 1.29 is 14.3 Å². The average Bonchev–Trinajstić information content (AvgIpc) is 3.47. The van der Waals surface area contributed by atoms with Crippen LogP contribution < -0.4 is 15.0 Å². The van der Waals surface area contributed by atoms with E-state index in [1.54, 1.807) is 18.1 Å². The number of hydrogen-bond acceptors (Lipinski definition) is 7. The molecule has 0 bridgehead atoms. The van der Waals surface area contributed by atoms with Gasteiger partial charge in [0.25, 0.3) is 5.91 Å². The van der Waals surface area contributed by atoms with E-state index in [0.29, 0.717) is 25.6 Å². The molecule has 0 spiro atoms. The highest BCUT2D eigenvalue weighted by atomic mass is 32.2. The van der Waals surface area contributed by atoms with Gasteiger partial charge in [-0.25, -0.2) is 0 Å². The molecule has 0 saturated heterocycles. The van der Waals surface area contributed by atoms with Gasteiger partial charge in [-0.15, -0.1) is 22.0 Å². The Balaban J connectivity index is 1.27. The summed E-state index contributed by atoms with van der Waals surface area (Å²) in [5.41, 5.74) is 5.98. The number of aryl methyl sites for hydroxylation is 1. The van der Waals surface area contributed by atoms with E-state index < -0.39 is 0 Å². The maximum Gasteiger partial charge on any atom is 0.251 e. The molecule has 3 aromatic carbocycles. The monoisotopic (exact) mass is 653 g/mol. The highest BCUT2D eigenvalue weighted by molar-refractivity contribution is 7.98. The number of ether oxygens (including phenoxy) is 2. The summed E-state index contributed by atoms with van der Waals surface area (Å²) in [7, 11) is 0. The normalized spacial score (nSPS) is 12.9. The van der Waals surface area contributed by atoms with Crippen LogP contribution >= 0.6 is 11.8 Å². The standard InChI is InChI=1S/C38H47N5O3S/c1-5-7-20-45-21-22-46-34-13-8-29(9-14-34)30-10-17-36-32(23-30)24-31(18-19-43(36)25-28(3)4)38(44)40-33-11-15-35(16-12-33)47-26-37-41-39-27-42(37)6-2/h8-17,23-24,27-28H,5-7,18-22,25-26H2,1-4H3,(H,40,44). The Hall–Kier alpha value is -4.08. The zero-order chi connectivity index (χ0) is 33.0. The van der Waals surface area contributed by atoms with E-state index in [-0.39, 0.29) is 5.91 Å². The van der Waals surface area contributed by atoms with Crippen LogP contribution in [0.5, 0.6) is 5.75 Å². The molecular weight excluding hydrogens is 607 g/mol. The summed E-state index contributed by atoms with van der Waals surface area (Å²) in [6.45, 7) is 13.2. The summed E-state index contributed by atoms with van der Waals surface area (Å²) in [5.74, 6) is 2.96. The van der Waals surface area contributed by atoms with Crippen LogP contribution in [0.2, 0.25) is 0 Å². The third-order valence-electron chi connectivity index (χ3n) is 8.07. The number of nitrogens with one attached hydrogen (secondary N) is 1. The molecule has 4 aromatic rings. The SMILES string of the molecule is CCCCOCCOc1ccc(-c2ccc3c(c2)C=C(C(=O)Nc2ccc(SCc4nncn4CC)cc2)CCN3CC(C)C)cc1. The number of carbonyl (C=O) groups is 1. The first kappa shape index (κ1) is 34.3. The maximum absolute atomic E-state index is 13.6. The van der Waals surface area contributed by atoms with Crippen LogP contribution in [0, 0.1) is 5.92 Å². The lowest BCUT2D eigenvalue weighted by Gasteiger charge is -2.27. The molecule has 1 aliphatic heterocycles. The highest BCUT2D eigenvalue weighted by Crippen LogP contribution is 2.34. The van der Waals surface area contributed by atoms with Gasteiger partial charge in [0.05, 0.1) is 12.4 Å². The van der Waals surface area contributed by atoms with Crippen molar-refractivity contribution in [2.45, 2.75) is 64.2 Å². The lowest BCUT2D eigenvalue weighted by molar-refractivity contribution is -0.112. The van der Waals surface area contributed by atoms with Crippen molar-refractivity contribution in [1.29, 1.82) is 0 Å². The highest BCUT2D eigenvalue weighted by Gasteiger charge is 2.21. The van der Waals surface area contributed by atoms with Crippen molar-refractivity contribution in [3.05, 3.63) is 90.0 Å². The molecule has 47 heavy (non-hydrogen) atoms. The molecule has 1 aliphatic rings. The molecule has 2 heterocycles. The van der Waals surface area contributed by atoms with Crippen LogP contribution in [0.25, 0.3) is 17.2 Å². The van der Waals surface area contributed by atoms with Gasteiger partial charge in [0, 0.05) is 48.1 Å². The van der Waals surface area contributed by atoms with Crippen molar-refractivity contribution >= 4 is 35.1 Å². The van der Waals surface area contributed by atoms with Crippen LogP contribution in [0.1, 0.15) is 58.3 Å². The predicted molar refractivity (Wildman–Crippen MR) is 193 cm³/mol. The summed E-state index contributed by atoms with van der Waals surface area (Å²) in [6, 6.07) is 22.8. The molecule has 0 unspecified atom stereocenters. The lowest BCUT2D eigenvalue weighted by atomic mass is 10.00. The van der Waals surface area contributed by atoms with E-state index in [4.69, 9.17) is 9.47 Å². The van der Waals surface area contributed by atoms with Gasteiger partial charge >= 0.3 is 0 Å². The fraction of sp³-hybridized carbons (Fsp3) is 0.395. The second-order valence-corrected chi connectivity index (χ2v) is 13.2. The van der Waals surface area contributed by atoms with Crippen LogP contribution in [0.15, 0.2) is 83.5 Å². The number of thioether (sulfide) groups is 1. The summed E-state index contributed by atoms with van der Waals surface area (Å²) in [5, 5.41) is 11.4. The van der Waals surface area contributed by atoms with Crippen LogP contribution in [-0.4, -0.2) is 53.6 Å². The quantitative estimate of drug-likeness (QED) is 0.0962. The summed E-state index contributed by atoms with van der Waals surface area (Å²) >= 11 is 1.70. The second kappa shape index (κ2) is 17.2. The van der Waals surface area contributed by atoms with Crippen LogP contribution in [0.3, 0.4) is 0 Å². The molecule has 5 rings (SSSR count).